The standard InChI is InChI=1S/C23H38N6/c1-20-9-7-10-21(2)29(20)18-17-28-16-15-27(23(28)22(19-24)25-3)14-8-13-26-11-5-4-6-12-26/h20-21H,4-18H2,1-2H3/b23-22-/t20-,21+. The van der Waals surface area contributed by atoms with Crippen LogP contribution in [0, 0.1) is 17.9 Å². The van der Waals surface area contributed by atoms with E-state index in [-0.39, 0.29) is 5.70 Å². The summed E-state index contributed by atoms with van der Waals surface area (Å²) in [6, 6.07) is 3.43. The van der Waals surface area contributed by atoms with Gasteiger partial charge in [-0.15, -0.1) is 0 Å². The number of likely N-dealkylation sites (tertiary alicyclic amines) is 2. The zero-order chi connectivity index (χ0) is 20.6. The zero-order valence-electron chi connectivity index (χ0n) is 18.4. The predicted molar refractivity (Wildman–Crippen MR) is 117 cm³/mol. The molecule has 0 saturated carbocycles. The lowest BCUT2D eigenvalue weighted by Gasteiger charge is -2.40. The number of allylic oxidation sites excluding steroid dienone is 1. The van der Waals surface area contributed by atoms with Crippen LogP contribution in [0.1, 0.15) is 58.8 Å². The van der Waals surface area contributed by atoms with Crippen molar-refractivity contribution in [3.63, 3.8) is 0 Å². The van der Waals surface area contributed by atoms with E-state index >= 15 is 0 Å². The van der Waals surface area contributed by atoms with Crippen molar-refractivity contribution >= 4 is 0 Å². The number of nitrogens with zero attached hydrogens (tertiary/aromatic N) is 6. The van der Waals surface area contributed by atoms with Crippen molar-refractivity contribution in [2.75, 3.05) is 52.4 Å². The van der Waals surface area contributed by atoms with Gasteiger partial charge in [0.1, 0.15) is 5.82 Å². The summed E-state index contributed by atoms with van der Waals surface area (Å²) in [5.41, 5.74) is 0.264. The Bertz CT molecular complexity index is 613. The average molecular weight is 399 g/mol. The van der Waals surface area contributed by atoms with Gasteiger partial charge in [0.25, 0.3) is 0 Å². The highest BCUT2D eigenvalue weighted by atomic mass is 15.4. The predicted octanol–water partition coefficient (Wildman–Crippen LogP) is 3.35. The molecule has 3 aliphatic rings. The Morgan fingerprint density at radius 3 is 2.21 bits per heavy atom. The molecule has 6 heteroatoms. The van der Waals surface area contributed by atoms with Gasteiger partial charge in [0.2, 0.25) is 0 Å². The number of piperidine rings is 2. The summed E-state index contributed by atoms with van der Waals surface area (Å²) in [6.45, 7) is 20.5. The van der Waals surface area contributed by atoms with E-state index in [4.69, 9.17) is 6.57 Å². The molecule has 3 heterocycles. The summed E-state index contributed by atoms with van der Waals surface area (Å²) in [4.78, 5) is 13.3. The fraction of sp³-hybridized carbons (Fsp3) is 0.826. The van der Waals surface area contributed by atoms with E-state index in [9.17, 15) is 5.26 Å². The molecule has 0 unspecified atom stereocenters. The van der Waals surface area contributed by atoms with E-state index in [1.54, 1.807) is 0 Å². The number of rotatable bonds is 7. The smallest absolute Gasteiger partial charge is 0.300 e. The normalized spacial score (nSPS) is 28.3. The molecule has 29 heavy (non-hydrogen) atoms. The second kappa shape index (κ2) is 10.9. The first-order valence-electron chi connectivity index (χ1n) is 11.6. The van der Waals surface area contributed by atoms with Gasteiger partial charge in [-0.2, -0.15) is 0 Å². The van der Waals surface area contributed by atoms with E-state index in [0.717, 1.165) is 51.5 Å². The summed E-state index contributed by atoms with van der Waals surface area (Å²) < 4.78 is 0. The van der Waals surface area contributed by atoms with E-state index in [1.807, 2.05) is 0 Å². The Morgan fingerprint density at radius 1 is 0.931 bits per heavy atom. The van der Waals surface area contributed by atoms with Crippen molar-refractivity contribution in [2.24, 2.45) is 0 Å². The minimum absolute atomic E-state index is 0.264. The molecule has 2 atom stereocenters. The van der Waals surface area contributed by atoms with Crippen molar-refractivity contribution in [3.8, 4) is 6.07 Å². The Morgan fingerprint density at radius 2 is 1.59 bits per heavy atom. The lowest BCUT2D eigenvalue weighted by molar-refractivity contribution is 0.0938. The fourth-order valence-electron chi connectivity index (χ4n) is 5.33. The molecule has 0 aromatic rings. The summed E-state index contributed by atoms with van der Waals surface area (Å²) in [5, 5.41) is 9.56. The van der Waals surface area contributed by atoms with Crippen molar-refractivity contribution in [1.82, 2.24) is 19.6 Å². The topological polar surface area (TPSA) is 41.1 Å². The monoisotopic (exact) mass is 398 g/mol. The summed E-state index contributed by atoms with van der Waals surface area (Å²) in [5.74, 6) is 0.887. The van der Waals surface area contributed by atoms with E-state index < -0.39 is 0 Å². The number of hydrogen-bond donors (Lipinski definition) is 0. The molecule has 0 amide bonds. The van der Waals surface area contributed by atoms with Crippen molar-refractivity contribution in [1.29, 1.82) is 5.26 Å². The van der Waals surface area contributed by atoms with Gasteiger partial charge in [-0.1, -0.05) is 12.8 Å². The van der Waals surface area contributed by atoms with Crippen LogP contribution in [0.3, 0.4) is 0 Å². The van der Waals surface area contributed by atoms with Gasteiger partial charge in [-0.05, 0) is 65.6 Å². The maximum Gasteiger partial charge on any atom is 0.300 e. The highest BCUT2D eigenvalue weighted by molar-refractivity contribution is 5.33. The summed E-state index contributed by atoms with van der Waals surface area (Å²) in [7, 11) is 0. The van der Waals surface area contributed by atoms with Gasteiger partial charge in [-0.25, -0.2) is 10.1 Å². The number of nitriles is 1. The highest BCUT2D eigenvalue weighted by Crippen LogP contribution is 2.26. The van der Waals surface area contributed by atoms with Gasteiger partial charge in [0.05, 0.1) is 12.6 Å². The van der Waals surface area contributed by atoms with Crippen LogP contribution in [-0.2, 0) is 0 Å². The molecule has 0 aliphatic carbocycles. The van der Waals surface area contributed by atoms with Gasteiger partial charge in [0.15, 0.2) is 0 Å². The quantitative estimate of drug-likeness (QED) is 0.486. The maximum atomic E-state index is 9.56. The molecule has 0 aromatic heterocycles. The lowest BCUT2D eigenvalue weighted by Crippen LogP contribution is -2.47. The maximum absolute atomic E-state index is 9.56. The third kappa shape index (κ3) is 5.65. The van der Waals surface area contributed by atoms with E-state index in [1.165, 1.54) is 51.6 Å². The van der Waals surface area contributed by atoms with Crippen LogP contribution in [0.2, 0.25) is 0 Å². The van der Waals surface area contributed by atoms with Crippen LogP contribution >= 0.6 is 0 Å². The first kappa shape index (κ1) is 21.9. The molecule has 0 spiro atoms. The van der Waals surface area contributed by atoms with Crippen LogP contribution in [0.15, 0.2) is 11.5 Å². The van der Waals surface area contributed by atoms with E-state index in [2.05, 4.69) is 44.4 Å². The molecule has 0 bridgehead atoms. The van der Waals surface area contributed by atoms with Crippen LogP contribution < -0.4 is 0 Å². The van der Waals surface area contributed by atoms with Crippen LogP contribution in [-0.4, -0.2) is 84.0 Å². The minimum Gasteiger partial charge on any atom is -0.365 e. The molecule has 160 valence electrons. The first-order chi connectivity index (χ1) is 14.1. The molecule has 3 aliphatic heterocycles. The Balaban J connectivity index is 1.58. The highest BCUT2D eigenvalue weighted by Gasteiger charge is 2.30. The molecule has 3 rings (SSSR count). The first-order valence-corrected chi connectivity index (χ1v) is 11.6. The molecular weight excluding hydrogens is 360 g/mol. The molecule has 0 N–H and O–H groups in total. The minimum atomic E-state index is 0.264. The Hall–Kier alpha value is -1.76. The van der Waals surface area contributed by atoms with Crippen molar-refractivity contribution in [2.45, 2.75) is 70.9 Å². The Kier molecular flexibility index (Phi) is 8.21. The fourth-order valence-corrected chi connectivity index (χ4v) is 5.33. The van der Waals surface area contributed by atoms with Gasteiger partial charge >= 0.3 is 5.70 Å². The third-order valence-corrected chi connectivity index (χ3v) is 7.02. The van der Waals surface area contributed by atoms with Gasteiger partial charge in [-0.3, -0.25) is 4.90 Å². The summed E-state index contributed by atoms with van der Waals surface area (Å²) in [6.07, 6.45) is 9.01. The molecule has 3 saturated heterocycles. The molecule has 6 nitrogen and oxygen atoms in total. The average Bonchev–Trinajstić information content (AvgIpc) is 3.12. The largest absolute Gasteiger partial charge is 0.365 e. The molecule has 3 fully saturated rings. The second-order valence-electron chi connectivity index (χ2n) is 8.99. The summed E-state index contributed by atoms with van der Waals surface area (Å²) >= 11 is 0. The van der Waals surface area contributed by atoms with Crippen LogP contribution in [0.5, 0.6) is 0 Å². The van der Waals surface area contributed by atoms with Gasteiger partial charge in [0, 0.05) is 44.8 Å². The second-order valence-corrected chi connectivity index (χ2v) is 8.99. The van der Waals surface area contributed by atoms with Crippen molar-refractivity contribution < 1.29 is 0 Å². The molecule has 0 aromatic carbocycles. The zero-order valence-corrected chi connectivity index (χ0v) is 18.4. The van der Waals surface area contributed by atoms with Gasteiger partial charge < -0.3 is 14.7 Å². The van der Waals surface area contributed by atoms with Crippen LogP contribution in [0.25, 0.3) is 4.85 Å². The third-order valence-electron chi connectivity index (χ3n) is 7.02. The SMILES string of the molecule is [C-]#[N+]/C(C#N)=C1/N(CCCN2CCCCC2)CCN1CCN1[C@H](C)CCC[C@@H]1C. The van der Waals surface area contributed by atoms with Crippen LogP contribution in [0.4, 0.5) is 0 Å². The van der Waals surface area contributed by atoms with E-state index in [0.29, 0.717) is 12.1 Å². The molecule has 0 radical (unpaired) electrons. The number of hydrogen-bond acceptors (Lipinski definition) is 5. The van der Waals surface area contributed by atoms with Crippen molar-refractivity contribution in [3.05, 3.63) is 22.9 Å². The Labute approximate surface area is 177 Å². The lowest BCUT2D eigenvalue weighted by atomic mass is 9.97. The molecular formula is C23H38N6.